The number of aryl methyl sites for hydroxylation is 1. The van der Waals surface area contributed by atoms with Gasteiger partial charge < -0.3 is 5.32 Å². The van der Waals surface area contributed by atoms with E-state index in [1.807, 2.05) is 0 Å². The van der Waals surface area contributed by atoms with Gasteiger partial charge in [0, 0.05) is 17.0 Å². The largest absolute Gasteiger partial charge is 0.381 e. The molecule has 2 nitrogen and oxygen atoms in total. The molecular formula is C13H16N2S2. The molecule has 1 aromatic carbocycles. The lowest BCUT2D eigenvalue weighted by Gasteiger charge is -2.17. The Labute approximate surface area is 110 Å². The first-order valence-electron chi connectivity index (χ1n) is 5.98. The van der Waals surface area contributed by atoms with Gasteiger partial charge in [0.1, 0.15) is 0 Å². The lowest BCUT2D eigenvalue weighted by molar-refractivity contribution is 0.724. The molecule has 1 N–H and O–H groups in total. The van der Waals surface area contributed by atoms with Crippen LogP contribution in [0.1, 0.15) is 18.4 Å². The van der Waals surface area contributed by atoms with Crippen LogP contribution in [0.5, 0.6) is 0 Å². The van der Waals surface area contributed by atoms with Crippen LogP contribution in [0.25, 0.3) is 10.2 Å². The van der Waals surface area contributed by atoms with Gasteiger partial charge in [0.15, 0.2) is 0 Å². The summed E-state index contributed by atoms with van der Waals surface area (Å²) in [5.41, 5.74) is 2.35. The van der Waals surface area contributed by atoms with Crippen molar-refractivity contribution in [2.24, 2.45) is 0 Å². The Kier molecular flexibility index (Phi) is 3.01. The minimum atomic E-state index is 0.617. The molecule has 1 aliphatic heterocycles. The molecule has 2 atom stereocenters. The van der Waals surface area contributed by atoms with E-state index in [-0.39, 0.29) is 0 Å². The molecule has 90 valence electrons. The maximum atomic E-state index is 4.49. The number of rotatable bonds is 2. The van der Waals surface area contributed by atoms with E-state index in [4.69, 9.17) is 0 Å². The summed E-state index contributed by atoms with van der Waals surface area (Å²) in [5, 5.41) is 5.51. The Balaban J connectivity index is 1.85. The van der Waals surface area contributed by atoms with Crippen LogP contribution in [0.3, 0.4) is 0 Å². The highest BCUT2D eigenvalue weighted by Crippen LogP contribution is 2.30. The van der Waals surface area contributed by atoms with Crippen LogP contribution >= 0.6 is 23.1 Å². The maximum absolute atomic E-state index is 4.49. The number of nitrogens with one attached hydrogen (secondary N) is 1. The number of hydrogen-bond donors (Lipinski definition) is 1. The number of hydrogen-bond acceptors (Lipinski definition) is 4. The molecule has 1 saturated heterocycles. The van der Waals surface area contributed by atoms with E-state index in [1.54, 1.807) is 11.3 Å². The molecule has 17 heavy (non-hydrogen) atoms. The van der Waals surface area contributed by atoms with Crippen LogP contribution in [-0.4, -0.2) is 22.0 Å². The van der Waals surface area contributed by atoms with Gasteiger partial charge in [0.25, 0.3) is 0 Å². The molecule has 1 aliphatic rings. The summed E-state index contributed by atoms with van der Waals surface area (Å²) in [4.78, 5) is 4.49. The SMILES string of the molecule is Cc1nc2ccc(NC3CCSC3C)cc2s1. The van der Waals surface area contributed by atoms with Gasteiger partial charge in [-0.15, -0.1) is 11.3 Å². The van der Waals surface area contributed by atoms with Gasteiger partial charge in [-0.05, 0) is 37.3 Å². The van der Waals surface area contributed by atoms with Crippen molar-refractivity contribution in [3.63, 3.8) is 0 Å². The summed E-state index contributed by atoms with van der Waals surface area (Å²) < 4.78 is 1.28. The van der Waals surface area contributed by atoms with Crippen LogP contribution in [-0.2, 0) is 0 Å². The van der Waals surface area contributed by atoms with Gasteiger partial charge in [-0.3, -0.25) is 0 Å². The highest BCUT2D eigenvalue weighted by Gasteiger charge is 2.23. The highest BCUT2D eigenvalue weighted by molar-refractivity contribution is 8.00. The summed E-state index contributed by atoms with van der Waals surface area (Å²) >= 11 is 3.83. The molecule has 3 rings (SSSR count). The van der Waals surface area contributed by atoms with Crippen molar-refractivity contribution < 1.29 is 0 Å². The zero-order valence-electron chi connectivity index (χ0n) is 10.1. The summed E-state index contributed by atoms with van der Waals surface area (Å²) in [5.74, 6) is 1.28. The first-order chi connectivity index (χ1) is 8.22. The number of nitrogens with zero attached hydrogens (tertiary/aromatic N) is 1. The van der Waals surface area contributed by atoms with Gasteiger partial charge in [-0.25, -0.2) is 4.98 Å². The Morgan fingerprint density at radius 1 is 1.41 bits per heavy atom. The third-order valence-electron chi connectivity index (χ3n) is 3.22. The lowest BCUT2D eigenvalue weighted by atomic mass is 10.1. The molecule has 0 aliphatic carbocycles. The molecule has 0 spiro atoms. The minimum absolute atomic E-state index is 0.617. The van der Waals surface area contributed by atoms with Crippen molar-refractivity contribution in [1.82, 2.24) is 4.98 Å². The molecule has 2 heterocycles. The molecule has 1 fully saturated rings. The van der Waals surface area contributed by atoms with Gasteiger partial charge in [-0.2, -0.15) is 11.8 Å². The van der Waals surface area contributed by atoms with E-state index in [2.05, 4.69) is 54.1 Å². The van der Waals surface area contributed by atoms with E-state index >= 15 is 0 Å². The summed E-state index contributed by atoms with van der Waals surface area (Å²) in [7, 11) is 0. The highest BCUT2D eigenvalue weighted by atomic mass is 32.2. The van der Waals surface area contributed by atoms with Crippen LogP contribution in [0.15, 0.2) is 18.2 Å². The summed E-state index contributed by atoms with van der Waals surface area (Å²) in [6, 6.07) is 7.12. The Morgan fingerprint density at radius 3 is 3.06 bits per heavy atom. The number of thioether (sulfide) groups is 1. The van der Waals surface area contributed by atoms with Crippen LogP contribution in [0, 0.1) is 6.92 Å². The Morgan fingerprint density at radius 2 is 2.29 bits per heavy atom. The van der Waals surface area contributed by atoms with Crippen molar-refractivity contribution >= 4 is 39.0 Å². The Hall–Kier alpha value is -0.740. The molecule has 0 saturated carbocycles. The van der Waals surface area contributed by atoms with Crippen LogP contribution in [0.2, 0.25) is 0 Å². The first-order valence-corrected chi connectivity index (χ1v) is 7.84. The fourth-order valence-corrected chi connectivity index (χ4v) is 4.33. The van der Waals surface area contributed by atoms with Gasteiger partial charge in [0.2, 0.25) is 0 Å². The standard InChI is InChI=1S/C13H16N2S2/c1-8-11(5-6-16-8)15-10-3-4-12-13(7-10)17-9(2)14-12/h3-4,7-8,11,15H,5-6H2,1-2H3. The first kappa shape index (κ1) is 11.4. The maximum Gasteiger partial charge on any atom is 0.0907 e. The third-order valence-corrected chi connectivity index (χ3v) is 5.48. The third kappa shape index (κ3) is 2.29. The van der Waals surface area contributed by atoms with E-state index in [9.17, 15) is 0 Å². The molecule has 2 unspecified atom stereocenters. The van der Waals surface area contributed by atoms with Crippen LogP contribution in [0.4, 0.5) is 5.69 Å². The quantitative estimate of drug-likeness (QED) is 0.890. The predicted octanol–water partition coefficient (Wildman–Crippen LogP) is 3.91. The summed E-state index contributed by atoms with van der Waals surface area (Å²) in [6.07, 6.45) is 1.27. The topological polar surface area (TPSA) is 24.9 Å². The van der Waals surface area contributed by atoms with Gasteiger partial charge in [-0.1, -0.05) is 6.92 Å². The lowest BCUT2D eigenvalue weighted by Crippen LogP contribution is -2.24. The average molecular weight is 264 g/mol. The number of aromatic nitrogens is 1. The second-order valence-corrected chi connectivity index (χ2v) is 7.25. The van der Waals surface area contributed by atoms with Gasteiger partial charge in [0.05, 0.1) is 15.2 Å². The van der Waals surface area contributed by atoms with Crippen molar-refractivity contribution in [1.29, 1.82) is 0 Å². The number of benzene rings is 1. The van der Waals surface area contributed by atoms with Gasteiger partial charge >= 0.3 is 0 Å². The molecule has 0 bridgehead atoms. The molecule has 2 aromatic rings. The molecule has 4 heteroatoms. The van der Waals surface area contributed by atoms with Crippen molar-refractivity contribution in [3.05, 3.63) is 23.2 Å². The van der Waals surface area contributed by atoms with Crippen molar-refractivity contribution in [2.75, 3.05) is 11.1 Å². The Bertz CT molecular complexity index is 535. The van der Waals surface area contributed by atoms with E-state index in [1.165, 1.54) is 22.6 Å². The van der Waals surface area contributed by atoms with Crippen molar-refractivity contribution in [2.45, 2.75) is 31.6 Å². The fraction of sp³-hybridized carbons (Fsp3) is 0.462. The number of fused-ring (bicyclic) bond motifs is 1. The van der Waals surface area contributed by atoms with E-state index < -0.39 is 0 Å². The predicted molar refractivity (Wildman–Crippen MR) is 78.3 cm³/mol. The molecule has 1 aromatic heterocycles. The monoisotopic (exact) mass is 264 g/mol. The fourth-order valence-electron chi connectivity index (χ4n) is 2.26. The number of anilines is 1. The zero-order valence-corrected chi connectivity index (χ0v) is 11.7. The van der Waals surface area contributed by atoms with E-state index in [0.29, 0.717) is 11.3 Å². The zero-order chi connectivity index (χ0) is 11.8. The van der Waals surface area contributed by atoms with E-state index in [0.717, 1.165) is 10.5 Å². The average Bonchev–Trinajstić information content (AvgIpc) is 2.84. The minimum Gasteiger partial charge on any atom is -0.381 e. The summed E-state index contributed by atoms with van der Waals surface area (Å²) in [6.45, 7) is 4.37. The smallest absolute Gasteiger partial charge is 0.0907 e. The second kappa shape index (κ2) is 4.50. The molecule has 0 radical (unpaired) electrons. The van der Waals surface area contributed by atoms with Crippen molar-refractivity contribution in [3.8, 4) is 0 Å². The molecular weight excluding hydrogens is 248 g/mol. The second-order valence-electron chi connectivity index (χ2n) is 4.53. The number of thiazole rings is 1. The normalized spacial score (nSPS) is 24.4. The molecule has 0 amide bonds. The van der Waals surface area contributed by atoms with Crippen LogP contribution < -0.4 is 5.32 Å².